The van der Waals surface area contributed by atoms with E-state index in [9.17, 15) is 9.59 Å². The number of fused-ring (bicyclic) bond motifs is 2. The van der Waals surface area contributed by atoms with Gasteiger partial charge in [0.25, 0.3) is 5.56 Å². The molecule has 0 saturated heterocycles. The number of benzene rings is 2. The lowest BCUT2D eigenvalue weighted by Crippen LogP contribution is -2.39. The van der Waals surface area contributed by atoms with E-state index in [1.165, 1.54) is 0 Å². The minimum atomic E-state index is -0.184. The Bertz CT molecular complexity index is 1370. The molecule has 5 rings (SSSR count). The second kappa shape index (κ2) is 9.66. The first-order valence-corrected chi connectivity index (χ1v) is 11.8. The number of anilines is 1. The number of H-pyrrole nitrogens is 1. The van der Waals surface area contributed by atoms with Gasteiger partial charge in [0.2, 0.25) is 5.91 Å². The zero-order chi connectivity index (χ0) is 23.5. The molecule has 8 nitrogen and oxygen atoms in total. The fourth-order valence-corrected chi connectivity index (χ4v) is 4.61. The van der Waals surface area contributed by atoms with E-state index in [2.05, 4.69) is 9.97 Å². The third-order valence-corrected chi connectivity index (χ3v) is 6.38. The Hall–Kier alpha value is -3.69. The van der Waals surface area contributed by atoms with Crippen LogP contribution in [0.4, 0.5) is 5.69 Å². The van der Waals surface area contributed by atoms with E-state index in [0.29, 0.717) is 54.5 Å². The molecule has 0 bridgehead atoms. The van der Waals surface area contributed by atoms with Gasteiger partial charge in [-0.05, 0) is 42.8 Å². The molecule has 1 N–H and O–H groups in total. The number of ether oxygens (including phenoxy) is 2. The average molecular weight is 477 g/mol. The number of carbonyl (C=O) groups excluding carboxylic acids is 1. The predicted octanol–water partition coefficient (Wildman–Crippen LogP) is 3.42. The van der Waals surface area contributed by atoms with Crippen LogP contribution in [-0.2, 0) is 17.9 Å². The van der Waals surface area contributed by atoms with E-state index in [1.807, 2.05) is 65.9 Å². The molecule has 1 aliphatic rings. The number of para-hydroxylation sites is 1. The van der Waals surface area contributed by atoms with Crippen molar-refractivity contribution in [2.24, 2.45) is 0 Å². The van der Waals surface area contributed by atoms with Gasteiger partial charge in [0.15, 0.2) is 11.5 Å². The number of nitrogens with one attached hydrogen (secondary N) is 1. The maximum atomic E-state index is 13.4. The average Bonchev–Trinajstić information content (AvgIpc) is 3.35. The third-order valence-electron chi connectivity index (χ3n) is 5.52. The Labute approximate surface area is 200 Å². The zero-order valence-corrected chi connectivity index (χ0v) is 19.5. The van der Waals surface area contributed by atoms with Crippen molar-refractivity contribution < 1.29 is 14.3 Å². The first-order valence-electron chi connectivity index (χ1n) is 11.0. The Kier molecular flexibility index (Phi) is 6.29. The Morgan fingerprint density at radius 2 is 1.88 bits per heavy atom. The molecule has 2 aromatic heterocycles. The van der Waals surface area contributed by atoms with Crippen molar-refractivity contribution in [1.29, 1.82) is 0 Å². The van der Waals surface area contributed by atoms with Crippen LogP contribution in [0.1, 0.15) is 10.7 Å². The molecule has 0 aliphatic carbocycles. The Morgan fingerprint density at radius 3 is 2.71 bits per heavy atom. The summed E-state index contributed by atoms with van der Waals surface area (Å²) in [5.74, 6) is 1.76. The van der Waals surface area contributed by atoms with Crippen molar-refractivity contribution >= 4 is 33.8 Å². The maximum Gasteiger partial charge on any atom is 0.258 e. The minimum Gasteiger partial charge on any atom is -0.486 e. The minimum absolute atomic E-state index is 0.0734. The monoisotopic (exact) mass is 476 g/mol. The summed E-state index contributed by atoms with van der Waals surface area (Å²) < 4.78 is 11.3. The number of hydrogen-bond acceptors (Lipinski definition) is 7. The highest BCUT2D eigenvalue weighted by molar-refractivity contribution is 7.09. The quantitative estimate of drug-likeness (QED) is 0.440. The van der Waals surface area contributed by atoms with Crippen molar-refractivity contribution in [1.82, 2.24) is 14.9 Å². The lowest BCUT2D eigenvalue weighted by atomic mass is 10.2. The summed E-state index contributed by atoms with van der Waals surface area (Å²) in [6, 6.07) is 16.8. The van der Waals surface area contributed by atoms with Crippen molar-refractivity contribution in [3.05, 3.63) is 81.0 Å². The Morgan fingerprint density at radius 1 is 1.06 bits per heavy atom. The smallest absolute Gasteiger partial charge is 0.258 e. The lowest BCUT2D eigenvalue weighted by molar-refractivity contribution is -0.119. The van der Waals surface area contributed by atoms with Gasteiger partial charge in [-0.2, -0.15) is 0 Å². The van der Waals surface area contributed by atoms with Crippen LogP contribution >= 0.6 is 11.3 Å². The fourth-order valence-electron chi connectivity index (χ4n) is 3.92. The zero-order valence-electron chi connectivity index (χ0n) is 18.7. The molecule has 1 amide bonds. The van der Waals surface area contributed by atoms with Gasteiger partial charge < -0.3 is 19.4 Å². The molecule has 0 saturated carbocycles. The van der Waals surface area contributed by atoms with Gasteiger partial charge in [-0.15, -0.1) is 11.3 Å². The number of hydrogen-bond donors (Lipinski definition) is 1. The van der Waals surface area contributed by atoms with E-state index in [0.717, 1.165) is 10.6 Å². The molecule has 2 aromatic carbocycles. The second-order valence-corrected chi connectivity index (χ2v) is 9.12. The van der Waals surface area contributed by atoms with Gasteiger partial charge in [-0.1, -0.05) is 18.2 Å². The topological polar surface area (TPSA) is 87.8 Å². The number of thiophene rings is 1. The molecule has 34 heavy (non-hydrogen) atoms. The van der Waals surface area contributed by atoms with Crippen LogP contribution in [0.25, 0.3) is 10.9 Å². The van der Waals surface area contributed by atoms with Gasteiger partial charge in [0.1, 0.15) is 19.0 Å². The highest BCUT2D eigenvalue weighted by Gasteiger charge is 2.22. The van der Waals surface area contributed by atoms with E-state index in [1.54, 1.807) is 22.3 Å². The molecule has 1 aliphatic heterocycles. The lowest BCUT2D eigenvalue weighted by Gasteiger charge is -2.27. The number of nitrogens with zero attached hydrogens (tertiary/aromatic N) is 3. The summed E-state index contributed by atoms with van der Waals surface area (Å²) >= 11 is 1.60. The van der Waals surface area contributed by atoms with Crippen LogP contribution in [0.2, 0.25) is 0 Å². The molecule has 3 heterocycles. The molecular formula is C25H24N4O4S. The molecule has 0 radical (unpaired) electrons. The van der Waals surface area contributed by atoms with Crippen LogP contribution in [0.5, 0.6) is 11.5 Å². The molecule has 0 atom stereocenters. The van der Waals surface area contributed by atoms with Gasteiger partial charge in [-0.25, -0.2) is 4.98 Å². The third kappa shape index (κ3) is 4.80. The second-order valence-electron chi connectivity index (χ2n) is 8.09. The summed E-state index contributed by atoms with van der Waals surface area (Å²) in [6.07, 6.45) is 0. The number of likely N-dealkylation sites (N-methyl/N-ethyl adjacent to an activating group) is 1. The van der Waals surface area contributed by atoms with Crippen LogP contribution in [0.3, 0.4) is 0 Å². The largest absolute Gasteiger partial charge is 0.486 e. The Balaban J connectivity index is 1.35. The van der Waals surface area contributed by atoms with Crippen LogP contribution < -0.4 is 19.9 Å². The summed E-state index contributed by atoms with van der Waals surface area (Å²) in [7, 11) is 1.83. The van der Waals surface area contributed by atoms with Gasteiger partial charge in [0, 0.05) is 16.6 Å². The number of amides is 1. The summed E-state index contributed by atoms with van der Waals surface area (Å²) in [5.41, 5.74) is 1.20. The SMILES string of the molecule is CN(CC(=O)N(Cc1cccs1)c1ccc2c(c1)OCCO2)Cc1nc2ccccc2c(=O)[nH]1. The van der Waals surface area contributed by atoms with E-state index in [4.69, 9.17) is 9.47 Å². The molecule has 0 fully saturated rings. The molecule has 0 spiro atoms. The number of aromatic nitrogens is 2. The van der Waals surface area contributed by atoms with Gasteiger partial charge in [-0.3, -0.25) is 14.5 Å². The molecule has 4 aromatic rings. The van der Waals surface area contributed by atoms with E-state index in [-0.39, 0.29) is 18.0 Å². The maximum absolute atomic E-state index is 13.4. The molecule has 174 valence electrons. The fraction of sp³-hybridized carbons (Fsp3) is 0.240. The van der Waals surface area contributed by atoms with Crippen LogP contribution in [0, 0.1) is 0 Å². The van der Waals surface area contributed by atoms with E-state index < -0.39 is 0 Å². The molecule has 9 heteroatoms. The number of rotatable bonds is 7. The number of carbonyl (C=O) groups is 1. The van der Waals surface area contributed by atoms with Crippen molar-refractivity contribution in [2.75, 3.05) is 31.7 Å². The van der Waals surface area contributed by atoms with Crippen LogP contribution in [-0.4, -0.2) is 47.6 Å². The summed E-state index contributed by atoms with van der Waals surface area (Å²) in [4.78, 5) is 37.9. The molecule has 0 unspecified atom stereocenters. The van der Waals surface area contributed by atoms with Crippen LogP contribution in [0.15, 0.2) is 64.8 Å². The highest BCUT2D eigenvalue weighted by atomic mass is 32.1. The summed E-state index contributed by atoms with van der Waals surface area (Å²) in [5, 5.41) is 2.54. The predicted molar refractivity (Wildman–Crippen MR) is 132 cm³/mol. The van der Waals surface area contributed by atoms with Crippen molar-refractivity contribution in [3.63, 3.8) is 0 Å². The van der Waals surface area contributed by atoms with E-state index >= 15 is 0 Å². The van der Waals surface area contributed by atoms with Gasteiger partial charge >= 0.3 is 0 Å². The summed E-state index contributed by atoms with van der Waals surface area (Å²) in [6.45, 7) is 1.93. The molecular weight excluding hydrogens is 452 g/mol. The highest BCUT2D eigenvalue weighted by Crippen LogP contribution is 2.34. The normalized spacial score (nSPS) is 12.8. The first kappa shape index (κ1) is 22.1. The standard InChI is InChI=1S/C25H24N4O4S/c1-28(15-23-26-20-7-3-2-6-19(20)25(31)27-23)16-24(30)29(14-18-5-4-12-34-18)17-8-9-21-22(13-17)33-11-10-32-21/h2-9,12-13H,10-11,14-16H2,1H3,(H,26,27,31). The van der Waals surface area contributed by atoms with Gasteiger partial charge in [0.05, 0.1) is 30.5 Å². The first-order chi connectivity index (χ1) is 16.6. The van der Waals surface area contributed by atoms with Crippen molar-refractivity contribution in [2.45, 2.75) is 13.1 Å². The number of aromatic amines is 1. The van der Waals surface area contributed by atoms with Crippen molar-refractivity contribution in [3.8, 4) is 11.5 Å².